The van der Waals surface area contributed by atoms with Gasteiger partial charge in [0.05, 0.1) is 0 Å². The number of aliphatic imine (C=N–C) groups is 1. The molecule has 0 aromatic heterocycles. The highest BCUT2D eigenvalue weighted by molar-refractivity contribution is 8.00. The maximum Gasteiger partial charge on any atom is 0.352 e. The molecule has 194 valence electrons. The molecular weight excluding hydrogens is 484 g/mol. The van der Waals surface area contributed by atoms with E-state index in [0.717, 1.165) is 47.9 Å². The molecule has 0 unspecified atom stereocenters. The number of aromatic hydroxyl groups is 1. The van der Waals surface area contributed by atoms with Gasteiger partial charge in [-0.05, 0) is 53.9 Å². The topological polar surface area (TPSA) is 126 Å². The Morgan fingerprint density at radius 3 is 2.53 bits per heavy atom. The first kappa shape index (κ1) is 26.2. The number of hydrogen-bond acceptors (Lipinski definition) is 8. The van der Waals surface area contributed by atoms with E-state index >= 15 is 0 Å². The lowest BCUT2D eigenvalue weighted by molar-refractivity contribution is -0.182. The highest BCUT2D eigenvalue weighted by atomic mass is 32.2. The predicted octanol–water partition coefficient (Wildman–Crippen LogP) is 3.15. The van der Waals surface area contributed by atoms with Crippen LogP contribution in [0.25, 0.3) is 0 Å². The Kier molecular flexibility index (Phi) is 6.96. The van der Waals surface area contributed by atoms with Crippen LogP contribution in [0, 0.1) is 0 Å². The molecule has 1 saturated heterocycles. The first-order valence-corrected chi connectivity index (χ1v) is 13.0. The minimum Gasteiger partial charge on any atom is -0.507 e. The Morgan fingerprint density at radius 1 is 1.28 bits per heavy atom. The van der Waals surface area contributed by atoms with Crippen molar-refractivity contribution in [3.63, 3.8) is 0 Å². The van der Waals surface area contributed by atoms with Gasteiger partial charge in [0.1, 0.15) is 23.4 Å². The third kappa shape index (κ3) is 4.30. The van der Waals surface area contributed by atoms with Crippen molar-refractivity contribution < 1.29 is 34.1 Å². The van der Waals surface area contributed by atoms with Gasteiger partial charge in [-0.25, -0.2) is 9.79 Å². The molecule has 2 aliphatic heterocycles. The molecule has 10 heteroatoms. The van der Waals surface area contributed by atoms with Crippen LogP contribution in [0.4, 0.5) is 0 Å². The zero-order valence-corrected chi connectivity index (χ0v) is 22.0. The quantitative estimate of drug-likeness (QED) is 0.336. The molecule has 36 heavy (non-hydrogen) atoms. The van der Waals surface area contributed by atoms with Gasteiger partial charge in [-0.2, -0.15) is 0 Å². The highest BCUT2D eigenvalue weighted by Crippen LogP contribution is 2.49. The van der Waals surface area contributed by atoms with Gasteiger partial charge in [-0.3, -0.25) is 14.5 Å². The minimum absolute atomic E-state index is 0.190. The molecule has 1 aromatic rings. The second-order valence-corrected chi connectivity index (χ2v) is 11.4. The number of carboxylic acid groups (broad SMARTS) is 1. The van der Waals surface area contributed by atoms with E-state index in [9.17, 15) is 24.6 Å². The lowest BCUT2D eigenvalue weighted by Crippen LogP contribution is -2.73. The van der Waals surface area contributed by atoms with Crippen molar-refractivity contribution in [3.8, 4) is 5.75 Å². The summed E-state index contributed by atoms with van der Waals surface area (Å²) in [6.07, 6.45) is 5.22. The van der Waals surface area contributed by atoms with Gasteiger partial charge in [0.15, 0.2) is 0 Å². The number of ether oxygens (including phenoxy) is 2. The number of phenols is 1. The van der Waals surface area contributed by atoms with Crippen LogP contribution in [0.2, 0.25) is 0 Å². The number of amides is 1. The van der Waals surface area contributed by atoms with Crippen LogP contribution in [0.5, 0.6) is 5.75 Å². The van der Waals surface area contributed by atoms with Crippen LogP contribution in [0.1, 0.15) is 62.8 Å². The summed E-state index contributed by atoms with van der Waals surface area (Å²) in [5.41, 5.74) is 1.90. The normalized spacial score (nSPS) is 23.9. The molecule has 1 amide bonds. The van der Waals surface area contributed by atoms with Crippen molar-refractivity contribution in [3.05, 3.63) is 39.6 Å². The molecule has 0 bridgehead atoms. The van der Waals surface area contributed by atoms with E-state index in [-0.39, 0.29) is 23.5 Å². The molecule has 1 fully saturated rings. The molecule has 2 heterocycles. The summed E-state index contributed by atoms with van der Waals surface area (Å²) in [7, 11) is 1.39. The van der Waals surface area contributed by atoms with Crippen molar-refractivity contribution in [2.24, 2.45) is 4.99 Å². The number of aliphatic carboxylic acids is 1. The minimum atomic E-state index is -1.57. The molecule has 0 radical (unpaired) electrons. The number of carbonyl (C=O) groups excluding carboxylic acids is 2. The summed E-state index contributed by atoms with van der Waals surface area (Å²) in [6.45, 7) is 7.15. The standard InChI is InChI=1S/C26H32N2O7S/c1-14(29)35-12-16-13-36-24-26(34-5,23(33)28(24)20(16)22(31)32)27-11-15-10-19(25(2,3)4)21(30)18-9-7-6-8-17(15)18/h10-11,24,30H,6-9,12-13H2,1-5H3,(H,31,32)/b27-11+/t24-,26+/m1/s1. The van der Waals surface area contributed by atoms with Crippen LogP contribution < -0.4 is 0 Å². The predicted molar refractivity (Wildman–Crippen MR) is 135 cm³/mol. The van der Waals surface area contributed by atoms with Crippen molar-refractivity contribution in [2.45, 2.75) is 69.9 Å². The second kappa shape index (κ2) is 9.55. The average Bonchev–Trinajstić information content (AvgIpc) is 2.82. The number of benzene rings is 1. The van der Waals surface area contributed by atoms with Gasteiger partial charge in [-0.1, -0.05) is 20.8 Å². The van der Waals surface area contributed by atoms with Gasteiger partial charge < -0.3 is 19.7 Å². The van der Waals surface area contributed by atoms with E-state index in [2.05, 4.69) is 4.99 Å². The third-order valence-corrected chi connectivity index (χ3v) is 8.27. The molecule has 1 aliphatic carbocycles. The molecule has 1 aromatic carbocycles. The maximum absolute atomic E-state index is 13.4. The Bertz CT molecular complexity index is 1180. The Labute approximate surface area is 214 Å². The van der Waals surface area contributed by atoms with Gasteiger partial charge in [0, 0.05) is 37.1 Å². The number of β-lactam (4-membered cyclic amide) rings is 1. The first-order valence-electron chi connectivity index (χ1n) is 11.9. The number of carbonyl (C=O) groups is 3. The zero-order chi connectivity index (χ0) is 26.4. The number of carboxylic acids is 1. The molecule has 3 aliphatic rings. The largest absolute Gasteiger partial charge is 0.507 e. The van der Waals surface area contributed by atoms with Crippen LogP contribution in [-0.4, -0.2) is 69.7 Å². The van der Waals surface area contributed by atoms with Crippen LogP contribution in [0.15, 0.2) is 22.3 Å². The summed E-state index contributed by atoms with van der Waals surface area (Å²) in [5.74, 6) is -1.79. The Balaban J connectivity index is 1.72. The Morgan fingerprint density at radius 2 is 1.94 bits per heavy atom. The van der Waals surface area contributed by atoms with E-state index < -0.39 is 28.9 Å². The van der Waals surface area contributed by atoms with Crippen molar-refractivity contribution >= 4 is 35.8 Å². The average molecular weight is 517 g/mol. The summed E-state index contributed by atoms with van der Waals surface area (Å²) < 4.78 is 10.6. The monoisotopic (exact) mass is 516 g/mol. The number of phenolic OH excluding ortho intramolecular Hbond substituents is 1. The second-order valence-electron chi connectivity index (χ2n) is 10.3. The number of hydrogen-bond donors (Lipinski definition) is 2. The summed E-state index contributed by atoms with van der Waals surface area (Å²) in [4.78, 5) is 42.4. The van der Waals surface area contributed by atoms with E-state index in [0.29, 0.717) is 11.3 Å². The number of thioether (sulfide) groups is 1. The smallest absolute Gasteiger partial charge is 0.352 e. The SMILES string of the molecule is CO[C@@]1(/N=C/c2cc(C(C)(C)C)c(O)c3c2CCCC3)C(=O)N2C(C(=O)O)=C(COC(C)=O)CS[C@@H]21. The summed E-state index contributed by atoms with van der Waals surface area (Å²) in [6, 6.07) is 1.93. The molecule has 0 spiro atoms. The molecule has 9 nitrogen and oxygen atoms in total. The number of esters is 1. The maximum atomic E-state index is 13.4. The highest BCUT2D eigenvalue weighted by Gasteiger charge is 2.66. The number of nitrogens with zero attached hydrogens (tertiary/aromatic N) is 2. The van der Waals surface area contributed by atoms with E-state index in [1.54, 1.807) is 6.21 Å². The Hall–Kier alpha value is -2.85. The number of rotatable bonds is 6. The zero-order valence-electron chi connectivity index (χ0n) is 21.2. The third-order valence-electron chi connectivity index (χ3n) is 6.91. The van der Waals surface area contributed by atoms with E-state index in [1.807, 2.05) is 26.8 Å². The fourth-order valence-electron chi connectivity index (χ4n) is 5.04. The number of methoxy groups -OCH3 is 1. The number of fused-ring (bicyclic) bond motifs is 2. The van der Waals surface area contributed by atoms with Crippen molar-refractivity contribution in [1.29, 1.82) is 0 Å². The van der Waals surface area contributed by atoms with Crippen LogP contribution >= 0.6 is 11.8 Å². The van der Waals surface area contributed by atoms with Crippen LogP contribution in [-0.2, 0) is 42.1 Å². The van der Waals surface area contributed by atoms with Crippen LogP contribution in [0.3, 0.4) is 0 Å². The van der Waals surface area contributed by atoms with E-state index in [4.69, 9.17) is 9.47 Å². The molecule has 2 N–H and O–H groups in total. The fourth-order valence-corrected chi connectivity index (χ4v) is 6.46. The van der Waals surface area contributed by atoms with Crippen molar-refractivity contribution in [2.75, 3.05) is 19.5 Å². The molecule has 0 saturated carbocycles. The fraction of sp³-hybridized carbons (Fsp3) is 0.538. The van der Waals surface area contributed by atoms with E-state index in [1.165, 1.54) is 30.7 Å². The summed E-state index contributed by atoms with van der Waals surface area (Å²) in [5, 5.41) is 20.1. The van der Waals surface area contributed by atoms with Gasteiger partial charge in [-0.15, -0.1) is 11.8 Å². The van der Waals surface area contributed by atoms with Gasteiger partial charge in [0.2, 0.25) is 0 Å². The summed E-state index contributed by atoms with van der Waals surface area (Å²) >= 11 is 1.32. The van der Waals surface area contributed by atoms with Crippen molar-refractivity contribution in [1.82, 2.24) is 4.90 Å². The molecular formula is C26H32N2O7S. The lowest BCUT2D eigenvalue weighted by Gasteiger charge is -2.53. The molecule has 4 rings (SSSR count). The van der Waals surface area contributed by atoms with Gasteiger partial charge >= 0.3 is 11.9 Å². The molecule has 2 atom stereocenters. The van der Waals surface area contributed by atoms with Gasteiger partial charge in [0.25, 0.3) is 11.6 Å². The lowest BCUT2D eigenvalue weighted by atomic mass is 9.79. The first-order chi connectivity index (χ1) is 16.9.